The number of para-hydroxylation sites is 2. The molecule has 0 aliphatic carbocycles. The second-order valence-corrected chi connectivity index (χ2v) is 4.98. The van der Waals surface area contributed by atoms with Crippen molar-refractivity contribution in [2.75, 3.05) is 12.4 Å². The van der Waals surface area contributed by atoms with E-state index in [1.54, 1.807) is 26.2 Å². The Balaban J connectivity index is 1.96. The van der Waals surface area contributed by atoms with Gasteiger partial charge >= 0.3 is 0 Å². The molecule has 1 amide bonds. The first kappa shape index (κ1) is 14.8. The molecule has 1 N–H and O–H groups in total. The predicted molar refractivity (Wildman–Crippen MR) is 87.6 cm³/mol. The number of hydrogen-bond donors (Lipinski definition) is 1. The lowest BCUT2D eigenvalue weighted by atomic mass is 10.1. The molecule has 0 aliphatic rings. The largest absolute Gasteiger partial charge is 0.495 e. The molecule has 3 aromatic rings. The molecular formula is C18H16N2O3. The van der Waals surface area contributed by atoms with E-state index in [1.165, 1.54) is 0 Å². The third kappa shape index (κ3) is 2.94. The number of carbonyl (C=O) groups is 1. The number of carbonyl (C=O) groups excluding carboxylic acids is 1. The van der Waals surface area contributed by atoms with Crippen LogP contribution in [0, 0.1) is 6.92 Å². The molecule has 0 atom stereocenters. The first-order valence-corrected chi connectivity index (χ1v) is 7.16. The number of nitrogens with zero attached hydrogens (tertiary/aromatic N) is 1. The molecule has 3 rings (SSSR count). The summed E-state index contributed by atoms with van der Waals surface area (Å²) in [5, 5.41) is 6.88. The van der Waals surface area contributed by atoms with Crippen LogP contribution in [0.25, 0.3) is 11.3 Å². The lowest BCUT2D eigenvalue weighted by molar-refractivity contribution is 0.102. The average molecular weight is 308 g/mol. The molecule has 1 heterocycles. The van der Waals surface area contributed by atoms with Crippen LogP contribution in [0.4, 0.5) is 5.69 Å². The highest BCUT2D eigenvalue weighted by molar-refractivity contribution is 6.09. The molecule has 0 spiro atoms. The number of ether oxygens (including phenoxy) is 1. The van der Waals surface area contributed by atoms with Crippen molar-refractivity contribution in [3.63, 3.8) is 0 Å². The smallest absolute Gasteiger partial charge is 0.261 e. The fourth-order valence-electron chi connectivity index (χ4n) is 2.37. The van der Waals surface area contributed by atoms with Gasteiger partial charge in [-0.05, 0) is 19.1 Å². The maximum absolute atomic E-state index is 12.7. The minimum atomic E-state index is -0.285. The molecule has 0 saturated carbocycles. The lowest BCUT2D eigenvalue weighted by Crippen LogP contribution is -2.14. The number of nitrogens with one attached hydrogen (secondary N) is 1. The standard InChI is InChI=1S/C18H16N2O3/c1-12-16(17(20-23-12)13-8-4-3-5-9-13)18(21)19-14-10-6-7-11-15(14)22-2/h3-11H,1-2H3,(H,19,21). The molecule has 2 aromatic carbocycles. The van der Waals surface area contributed by atoms with Gasteiger partial charge in [-0.1, -0.05) is 47.6 Å². The Hall–Kier alpha value is -3.08. The summed E-state index contributed by atoms with van der Waals surface area (Å²) in [4.78, 5) is 12.7. The van der Waals surface area contributed by atoms with E-state index in [2.05, 4.69) is 10.5 Å². The lowest BCUT2D eigenvalue weighted by Gasteiger charge is -2.10. The quantitative estimate of drug-likeness (QED) is 0.793. The van der Waals surface area contributed by atoms with Crippen molar-refractivity contribution in [1.82, 2.24) is 5.16 Å². The van der Waals surface area contributed by atoms with Gasteiger partial charge in [-0.3, -0.25) is 4.79 Å². The molecule has 0 aliphatic heterocycles. The Kier molecular flexibility index (Phi) is 4.10. The van der Waals surface area contributed by atoms with E-state index >= 15 is 0 Å². The van der Waals surface area contributed by atoms with Crippen molar-refractivity contribution in [1.29, 1.82) is 0 Å². The molecular weight excluding hydrogens is 292 g/mol. The highest BCUT2D eigenvalue weighted by Gasteiger charge is 2.22. The second kappa shape index (κ2) is 6.36. The van der Waals surface area contributed by atoms with E-state index in [1.807, 2.05) is 42.5 Å². The number of aromatic nitrogens is 1. The van der Waals surface area contributed by atoms with Crippen molar-refractivity contribution >= 4 is 11.6 Å². The number of anilines is 1. The number of aryl methyl sites for hydroxylation is 1. The molecule has 0 radical (unpaired) electrons. The maximum Gasteiger partial charge on any atom is 0.261 e. The summed E-state index contributed by atoms with van der Waals surface area (Å²) in [6.45, 7) is 1.72. The van der Waals surface area contributed by atoms with Gasteiger partial charge in [0.25, 0.3) is 5.91 Å². The van der Waals surface area contributed by atoms with E-state index in [4.69, 9.17) is 9.26 Å². The summed E-state index contributed by atoms with van der Waals surface area (Å²) in [7, 11) is 1.56. The topological polar surface area (TPSA) is 64.4 Å². The van der Waals surface area contributed by atoms with E-state index < -0.39 is 0 Å². The summed E-state index contributed by atoms with van der Waals surface area (Å²) < 4.78 is 10.5. The monoisotopic (exact) mass is 308 g/mol. The molecule has 0 unspecified atom stereocenters. The zero-order valence-corrected chi connectivity index (χ0v) is 12.9. The van der Waals surface area contributed by atoms with Crippen molar-refractivity contribution in [2.45, 2.75) is 6.92 Å². The molecule has 23 heavy (non-hydrogen) atoms. The van der Waals surface area contributed by atoms with Crippen LogP contribution in [0.1, 0.15) is 16.1 Å². The minimum Gasteiger partial charge on any atom is -0.495 e. The summed E-state index contributed by atoms with van der Waals surface area (Å²) in [5.41, 5.74) is 2.37. The molecule has 0 fully saturated rings. The summed E-state index contributed by atoms with van der Waals surface area (Å²) in [5.74, 6) is 0.777. The van der Waals surface area contributed by atoms with Crippen molar-refractivity contribution in [2.24, 2.45) is 0 Å². The van der Waals surface area contributed by atoms with Crippen LogP contribution in [0.5, 0.6) is 5.75 Å². The Labute approximate surface area is 133 Å². The highest BCUT2D eigenvalue weighted by Crippen LogP contribution is 2.28. The number of methoxy groups -OCH3 is 1. The molecule has 5 nitrogen and oxygen atoms in total. The average Bonchev–Trinajstić information content (AvgIpc) is 2.98. The highest BCUT2D eigenvalue weighted by atomic mass is 16.5. The van der Waals surface area contributed by atoms with Crippen LogP contribution >= 0.6 is 0 Å². The van der Waals surface area contributed by atoms with Gasteiger partial charge in [0.2, 0.25) is 0 Å². The van der Waals surface area contributed by atoms with Crippen LogP contribution in [0.3, 0.4) is 0 Å². The molecule has 5 heteroatoms. The van der Waals surface area contributed by atoms with E-state index in [0.29, 0.717) is 28.5 Å². The van der Waals surface area contributed by atoms with E-state index in [9.17, 15) is 4.79 Å². The first-order valence-electron chi connectivity index (χ1n) is 7.16. The predicted octanol–water partition coefficient (Wildman–Crippen LogP) is 3.91. The van der Waals surface area contributed by atoms with Gasteiger partial charge in [-0.15, -0.1) is 0 Å². The van der Waals surface area contributed by atoms with Crippen molar-refractivity contribution < 1.29 is 14.1 Å². The zero-order chi connectivity index (χ0) is 16.2. The van der Waals surface area contributed by atoms with E-state index in [-0.39, 0.29) is 5.91 Å². The number of benzene rings is 2. The van der Waals surface area contributed by atoms with Gasteiger partial charge in [-0.25, -0.2) is 0 Å². The van der Waals surface area contributed by atoms with Gasteiger partial charge in [0, 0.05) is 5.56 Å². The van der Waals surface area contributed by atoms with Crippen molar-refractivity contribution in [3.8, 4) is 17.0 Å². The van der Waals surface area contributed by atoms with Gasteiger partial charge in [0.15, 0.2) is 0 Å². The van der Waals surface area contributed by atoms with Crippen LogP contribution < -0.4 is 10.1 Å². The Morgan fingerprint density at radius 3 is 2.52 bits per heavy atom. The van der Waals surface area contributed by atoms with Crippen LogP contribution in [0.15, 0.2) is 59.1 Å². The third-order valence-corrected chi connectivity index (χ3v) is 3.49. The normalized spacial score (nSPS) is 10.3. The molecule has 116 valence electrons. The summed E-state index contributed by atoms with van der Waals surface area (Å²) in [6.07, 6.45) is 0. The fraction of sp³-hybridized carbons (Fsp3) is 0.111. The van der Waals surface area contributed by atoms with Crippen LogP contribution in [-0.4, -0.2) is 18.2 Å². The SMILES string of the molecule is COc1ccccc1NC(=O)c1c(-c2ccccc2)noc1C. The number of amides is 1. The summed E-state index contributed by atoms with van der Waals surface area (Å²) >= 11 is 0. The first-order chi connectivity index (χ1) is 11.2. The van der Waals surface area contributed by atoms with Crippen LogP contribution in [0.2, 0.25) is 0 Å². The van der Waals surface area contributed by atoms with Gasteiger partial charge in [0.1, 0.15) is 22.8 Å². The molecule has 0 saturated heterocycles. The third-order valence-electron chi connectivity index (χ3n) is 3.49. The Bertz CT molecular complexity index is 825. The maximum atomic E-state index is 12.7. The molecule has 1 aromatic heterocycles. The number of rotatable bonds is 4. The summed E-state index contributed by atoms with van der Waals surface area (Å²) in [6, 6.07) is 16.7. The van der Waals surface area contributed by atoms with Gasteiger partial charge < -0.3 is 14.6 Å². The fourth-order valence-corrected chi connectivity index (χ4v) is 2.37. The molecule has 0 bridgehead atoms. The second-order valence-electron chi connectivity index (χ2n) is 4.98. The van der Waals surface area contributed by atoms with E-state index in [0.717, 1.165) is 5.56 Å². The van der Waals surface area contributed by atoms with Gasteiger partial charge in [0.05, 0.1) is 12.8 Å². The number of hydrogen-bond acceptors (Lipinski definition) is 4. The minimum absolute atomic E-state index is 0.285. The van der Waals surface area contributed by atoms with Gasteiger partial charge in [-0.2, -0.15) is 0 Å². The van der Waals surface area contributed by atoms with Crippen molar-refractivity contribution in [3.05, 3.63) is 65.9 Å². The van der Waals surface area contributed by atoms with Crippen LogP contribution in [-0.2, 0) is 0 Å². The Morgan fingerprint density at radius 1 is 1.09 bits per heavy atom. The Morgan fingerprint density at radius 2 is 1.78 bits per heavy atom. The zero-order valence-electron chi connectivity index (χ0n) is 12.9.